The minimum atomic E-state index is -0.868. The Morgan fingerprint density at radius 1 is 1.35 bits per heavy atom. The van der Waals surface area contributed by atoms with Crippen molar-refractivity contribution in [2.24, 2.45) is 5.92 Å². The van der Waals surface area contributed by atoms with E-state index in [2.05, 4.69) is 23.3 Å². The third-order valence-corrected chi connectivity index (χ3v) is 5.46. The second-order valence-electron chi connectivity index (χ2n) is 7.26. The number of para-hydroxylation sites is 1. The molecule has 1 aromatic heterocycles. The number of hydrogen-bond donors (Lipinski definition) is 2. The van der Waals surface area contributed by atoms with E-state index in [9.17, 15) is 9.90 Å². The van der Waals surface area contributed by atoms with Crippen molar-refractivity contribution < 1.29 is 9.90 Å². The number of nitrogens with one attached hydrogen (secondary N) is 1. The number of amides is 1. The molecule has 0 saturated heterocycles. The fourth-order valence-electron chi connectivity index (χ4n) is 3.29. The predicted octanol–water partition coefficient (Wildman–Crippen LogP) is 3.49. The summed E-state index contributed by atoms with van der Waals surface area (Å²) in [6.07, 6.45) is 3.41. The molecule has 3 rings (SSSR count). The van der Waals surface area contributed by atoms with E-state index >= 15 is 0 Å². The van der Waals surface area contributed by atoms with E-state index in [-0.39, 0.29) is 11.8 Å². The Morgan fingerprint density at radius 2 is 2.12 bits per heavy atom. The molecule has 1 aromatic carbocycles. The molecule has 2 aromatic rings. The number of aliphatic hydroxyl groups is 1. The van der Waals surface area contributed by atoms with Crippen molar-refractivity contribution in [3.63, 3.8) is 0 Å². The smallest absolute Gasteiger partial charge is 0.262 e. The molecule has 0 spiro atoms. The van der Waals surface area contributed by atoms with E-state index < -0.39 is 5.60 Å². The van der Waals surface area contributed by atoms with Gasteiger partial charge < -0.3 is 15.3 Å². The number of rotatable bonds is 6. The highest BCUT2D eigenvalue weighted by atomic mass is 16.3. The van der Waals surface area contributed by atoms with Crippen molar-refractivity contribution in [3.05, 3.63) is 53.7 Å². The number of fused-ring (bicyclic) bond motifs is 1. The summed E-state index contributed by atoms with van der Waals surface area (Å²) in [6.45, 7) is 6.91. The summed E-state index contributed by atoms with van der Waals surface area (Å²) in [4.78, 5) is 19.3. The molecule has 2 heterocycles. The van der Waals surface area contributed by atoms with E-state index in [4.69, 9.17) is 0 Å². The maximum Gasteiger partial charge on any atom is 0.262 e. The lowest BCUT2D eigenvalue weighted by atomic mass is 9.88. The van der Waals surface area contributed by atoms with Gasteiger partial charge in [0.05, 0.1) is 11.2 Å². The average molecular weight is 353 g/mol. The number of nitrogens with zero attached hydrogens (tertiary/aromatic N) is 2. The predicted molar refractivity (Wildman–Crippen MR) is 105 cm³/mol. The van der Waals surface area contributed by atoms with E-state index in [0.29, 0.717) is 24.5 Å². The Kier molecular flexibility index (Phi) is 5.28. The quantitative estimate of drug-likeness (QED) is 0.834. The number of carbonyl (C=O) groups is 1. The monoisotopic (exact) mass is 353 g/mol. The van der Waals surface area contributed by atoms with Gasteiger partial charge in [-0.05, 0) is 43.0 Å². The number of benzene rings is 1. The van der Waals surface area contributed by atoms with Crippen molar-refractivity contribution in [2.75, 3.05) is 23.3 Å². The van der Waals surface area contributed by atoms with Gasteiger partial charge in [-0.2, -0.15) is 0 Å². The van der Waals surface area contributed by atoms with Gasteiger partial charge in [0.15, 0.2) is 0 Å². The van der Waals surface area contributed by atoms with Crippen LogP contribution in [0.2, 0.25) is 0 Å². The van der Waals surface area contributed by atoms with E-state index in [0.717, 1.165) is 18.5 Å². The first-order valence-electron chi connectivity index (χ1n) is 9.25. The maximum absolute atomic E-state index is 13.1. The largest absolute Gasteiger partial charge is 0.388 e. The van der Waals surface area contributed by atoms with Gasteiger partial charge >= 0.3 is 0 Å². The van der Waals surface area contributed by atoms with Crippen LogP contribution in [-0.4, -0.2) is 34.7 Å². The first kappa shape index (κ1) is 18.4. The summed E-state index contributed by atoms with van der Waals surface area (Å²) in [6, 6.07) is 11.6. The lowest BCUT2D eigenvalue weighted by Gasteiger charge is -2.30. The Hall–Kier alpha value is -2.40. The second kappa shape index (κ2) is 7.46. The van der Waals surface area contributed by atoms with Crippen molar-refractivity contribution >= 4 is 17.4 Å². The van der Waals surface area contributed by atoms with E-state index in [1.165, 1.54) is 5.56 Å². The van der Waals surface area contributed by atoms with Gasteiger partial charge in [-0.15, -0.1) is 0 Å². The van der Waals surface area contributed by atoms with Crippen LogP contribution in [0.3, 0.4) is 0 Å². The summed E-state index contributed by atoms with van der Waals surface area (Å²) in [5.41, 5.74) is 1.83. The number of carbonyl (C=O) groups excluding carboxylic acids is 1. The molecule has 2 unspecified atom stereocenters. The number of hydrogen-bond acceptors (Lipinski definition) is 4. The van der Waals surface area contributed by atoms with Gasteiger partial charge in [-0.25, -0.2) is 4.98 Å². The highest BCUT2D eigenvalue weighted by molar-refractivity contribution is 6.10. The first-order chi connectivity index (χ1) is 12.4. The van der Waals surface area contributed by atoms with Gasteiger partial charge in [-0.3, -0.25) is 4.79 Å². The zero-order chi connectivity index (χ0) is 18.7. The van der Waals surface area contributed by atoms with Gasteiger partial charge in [0, 0.05) is 25.0 Å². The highest BCUT2D eigenvalue weighted by Crippen LogP contribution is 2.30. The molecule has 5 heteroatoms. The van der Waals surface area contributed by atoms with Crippen LogP contribution in [0.4, 0.5) is 11.5 Å². The first-order valence-corrected chi connectivity index (χ1v) is 9.25. The molecule has 5 nitrogen and oxygen atoms in total. The van der Waals surface area contributed by atoms with Crippen LogP contribution >= 0.6 is 0 Å². The van der Waals surface area contributed by atoms with Gasteiger partial charge in [0.1, 0.15) is 5.82 Å². The molecule has 0 bridgehead atoms. The summed E-state index contributed by atoms with van der Waals surface area (Å²) >= 11 is 0. The molecule has 2 atom stereocenters. The maximum atomic E-state index is 13.1. The van der Waals surface area contributed by atoms with Crippen LogP contribution in [0.25, 0.3) is 0 Å². The number of anilines is 2. The fourth-order valence-corrected chi connectivity index (χ4v) is 3.29. The van der Waals surface area contributed by atoms with E-state index in [1.807, 2.05) is 36.9 Å². The number of pyridine rings is 1. The van der Waals surface area contributed by atoms with Crippen LogP contribution < -0.4 is 10.2 Å². The van der Waals surface area contributed by atoms with Crippen molar-refractivity contribution in [3.8, 4) is 0 Å². The third-order valence-electron chi connectivity index (χ3n) is 5.46. The highest BCUT2D eigenvalue weighted by Gasteiger charge is 2.29. The molecule has 1 aliphatic rings. The van der Waals surface area contributed by atoms with Crippen molar-refractivity contribution in [2.45, 2.75) is 39.2 Å². The molecule has 138 valence electrons. The Bertz CT molecular complexity index is 788. The minimum absolute atomic E-state index is 0.0614. The summed E-state index contributed by atoms with van der Waals surface area (Å²) in [7, 11) is 0. The standard InChI is InChI=1S/C21H27N3O2/c1-4-15(2)21(3,26)14-23-19-17(9-7-12-22-19)20(25)24-13-11-16-8-5-6-10-18(16)24/h5-10,12,15,26H,4,11,13-14H2,1-3H3,(H,22,23). The Labute approximate surface area is 155 Å². The van der Waals surface area contributed by atoms with Crippen LogP contribution in [0.15, 0.2) is 42.6 Å². The Morgan fingerprint density at radius 3 is 2.88 bits per heavy atom. The average Bonchev–Trinajstić information content (AvgIpc) is 3.09. The minimum Gasteiger partial charge on any atom is -0.388 e. The van der Waals surface area contributed by atoms with Gasteiger partial charge in [0.25, 0.3) is 5.91 Å². The zero-order valence-electron chi connectivity index (χ0n) is 15.7. The second-order valence-corrected chi connectivity index (χ2v) is 7.26. The van der Waals surface area contributed by atoms with Crippen LogP contribution in [-0.2, 0) is 6.42 Å². The summed E-state index contributed by atoms with van der Waals surface area (Å²) < 4.78 is 0. The molecule has 1 amide bonds. The lowest BCUT2D eigenvalue weighted by molar-refractivity contribution is 0.0175. The Balaban J connectivity index is 1.81. The van der Waals surface area contributed by atoms with Crippen LogP contribution in [0.5, 0.6) is 0 Å². The third kappa shape index (κ3) is 3.58. The molecular weight excluding hydrogens is 326 g/mol. The number of aromatic nitrogens is 1. The molecule has 0 radical (unpaired) electrons. The van der Waals surface area contributed by atoms with Crippen LogP contribution in [0, 0.1) is 5.92 Å². The molecule has 2 N–H and O–H groups in total. The van der Waals surface area contributed by atoms with Gasteiger partial charge in [-0.1, -0.05) is 38.5 Å². The summed E-state index contributed by atoms with van der Waals surface area (Å²) in [5.74, 6) is 0.600. The molecule has 26 heavy (non-hydrogen) atoms. The molecule has 1 aliphatic heterocycles. The topological polar surface area (TPSA) is 65.5 Å². The van der Waals surface area contributed by atoms with E-state index in [1.54, 1.807) is 18.3 Å². The SMILES string of the molecule is CCC(C)C(C)(O)CNc1ncccc1C(=O)N1CCc2ccccc21. The molecule has 0 fully saturated rings. The summed E-state index contributed by atoms with van der Waals surface area (Å²) in [5, 5.41) is 13.8. The van der Waals surface area contributed by atoms with Crippen LogP contribution in [0.1, 0.15) is 43.1 Å². The van der Waals surface area contributed by atoms with Crippen molar-refractivity contribution in [1.29, 1.82) is 0 Å². The zero-order valence-corrected chi connectivity index (χ0v) is 15.7. The molecule has 0 aliphatic carbocycles. The normalized spacial score (nSPS) is 16.7. The van der Waals surface area contributed by atoms with Crippen molar-refractivity contribution in [1.82, 2.24) is 4.98 Å². The van der Waals surface area contributed by atoms with Gasteiger partial charge in [0.2, 0.25) is 0 Å². The molecular formula is C21H27N3O2. The fraction of sp³-hybridized carbons (Fsp3) is 0.429. The lowest BCUT2D eigenvalue weighted by Crippen LogP contribution is -2.40. The molecule has 0 saturated carbocycles.